The van der Waals surface area contributed by atoms with Crippen molar-refractivity contribution in [3.8, 4) is 0 Å². The van der Waals surface area contributed by atoms with Crippen molar-refractivity contribution in [3.63, 3.8) is 0 Å². The van der Waals surface area contributed by atoms with Gasteiger partial charge in [-0.15, -0.1) is 0 Å². The molecule has 0 N–H and O–H groups in total. The first-order valence-corrected chi connectivity index (χ1v) is 6.60. The third-order valence-electron chi connectivity index (χ3n) is 0.917. The van der Waals surface area contributed by atoms with Gasteiger partial charge in [0.1, 0.15) is 0 Å². The zero-order chi connectivity index (χ0) is 7.02. The van der Waals surface area contributed by atoms with Crippen LogP contribution in [0.1, 0.15) is 4.44 Å². The molecule has 4 heteroatoms. The Morgan fingerprint density at radius 2 is 1.89 bits per heavy atom. The zero-order valence-electron chi connectivity index (χ0n) is 4.54. The molecule has 0 aromatic carbocycles. The van der Waals surface area contributed by atoms with Crippen molar-refractivity contribution in [2.75, 3.05) is 0 Å². The van der Waals surface area contributed by atoms with Gasteiger partial charge in [-0.1, -0.05) is 0 Å². The molecule has 0 saturated heterocycles. The Kier molecular flexibility index (Phi) is 3.31. The van der Waals surface area contributed by atoms with E-state index in [0.29, 0.717) is 14.5 Å². The number of hydrogen-bond acceptors (Lipinski definition) is 0. The van der Waals surface area contributed by atoms with E-state index in [-0.39, 0.29) is 0 Å². The molecule has 1 aromatic heterocycles. The molecule has 1 rings (SSSR count). The van der Waals surface area contributed by atoms with Gasteiger partial charge in [0.25, 0.3) is 0 Å². The Morgan fingerprint density at radius 1 is 1.33 bits per heavy atom. The van der Waals surface area contributed by atoms with E-state index in [2.05, 4.69) is 61.4 Å². The summed E-state index contributed by atoms with van der Waals surface area (Å²) >= 11 is 9.95. The molecule has 0 spiro atoms. The minimum absolute atomic E-state index is 0.582. The van der Waals surface area contributed by atoms with Gasteiger partial charge in [0, 0.05) is 0 Å². The Balaban J connectivity index is 3.29. The fourth-order valence-corrected chi connectivity index (χ4v) is 6.12. The Labute approximate surface area is 90.6 Å². The van der Waals surface area contributed by atoms with Crippen LogP contribution in [0.5, 0.6) is 0 Å². The average molecular weight is 429 g/mol. The first-order valence-electron chi connectivity index (χ1n) is 2.23. The number of rotatable bonds is 0. The molecule has 0 aliphatic rings. The summed E-state index contributed by atoms with van der Waals surface area (Å²) < 4.78 is 5.43. The number of aryl methyl sites for hydroxylation is 1. The van der Waals surface area contributed by atoms with E-state index in [1.807, 2.05) is 0 Å². The van der Waals surface area contributed by atoms with Crippen molar-refractivity contribution >= 4 is 69.0 Å². The predicted octanol–water partition coefficient (Wildman–Crippen LogP) is 3.18. The predicted molar refractivity (Wildman–Crippen MR) is 56.2 cm³/mol. The summed E-state index contributed by atoms with van der Waals surface area (Å²) in [6.07, 6.45) is 0. The molecule has 0 bridgehead atoms. The summed E-state index contributed by atoms with van der Waals surface area (Å²) in [5.41, 5.74) is 0. The van der Waals surface area contributed by atoms with Crippen LogP contribution in [0.2, 0.25) is 0 Å². The average Bonchev–Trinajstić information content (AvgIpc) is 1.98. The van der Waals surface area contributed by atoms with Crippen LogP contribution in [-0.4, -0.2) is 14.5 Å². The van der Waals surface area contributed by atoms with Crippen molar-refractivity contribution < 1.29 is 0 Å². The second-order valence-corrected chi connectivity index (χ2v) is 8.44. The normalized spacial score (nSPS) is 10.2. The van der Waals surface area contributed by atoms with E-state index in [1.54, 1.807) is 0 Å². The molecule has 0 aliphatic heterocycles. The van der Waals surface area contributed by atoms with Crippen molar-refractivity contribution in [1.29, 1.82) is 0 Å². The molecule has 0 radical (unpaired) electrons. The van der Waals surface area contributed by atoms with Gasteiger partial charge in [0.05, 0.1) is 0 Å². The minimum atomic E-state index is 0.582. The topological polar surface area (TPSA) is 0 Å². The van der Waals surface area contributed by atoms with Crippen LogP contribution >= 0.6 is 54.5 Å². The van der Waals surface area contributed by atoms with E-state index in [9.17, 15) is 0 Å². The van der Waals surface area contributed by atoms with Gasteiger partial charge in [0.15, 0.2) is 0 Å². The van der Waals surface area contributed by atoms with Crippen LogP contribution in [0, 0.1) is 9.37 Å². The number of halogens is 3. The van der Waals surface area contributed by atoms with Crippen molar-refractivity contribution in [3.05, 3.63) is 15.8 Å². The molecule has 0 unspecified atom stereocenters. The molecule has 0 nitrogen and oxygen atoms in total. The van der Waals surface area contributed by atoms with Gasteiger partial charge in [-0.05, 0) is 0 Å². The molecule has 50 valence electrons. The summed E-state index contributed by atoms with van der Waals surface area (Å²) in [6.45, 7) is 2.16. The van der Waals surface area contributed by atoms with Gasteiger partial charge in [-0.2, -0.15) is 0 Å². The molecule has 1 aromatic rings. The fraction of sp³-hybridized carbons (Fsp3) is 0.200. The molecular formula is C5H3Br2ISe. The molecule has 0 amide bonds. The maximum absolute atomic E-state index is 3.50. The van der Waals surface area contributed by atoms with Gasteiger partial charge in [-0.3, -0.25) is 0 Å². The standard InChI is InChI=1S/C5H3Br2ISe/c1-2-3(6)4(7)5(8)9-2/h1H3. The van der Waals surface area contributed by atoms with Gasteiger partial charge in [-0.25, -0.2) is 0 Å². The Hall–Kier alpha value is 1.69. The van der Waals surface area contributed by atoms with E-state index >= 15 is 0 Å². The van der Waals surface area contributed by atoms with Gasteiger partial charge in [0.2, 0.25) is 0 Å². The molecule has 0 atom stereocenters. The first-order chi connectivity index (χ1) is 4.13. The van der Waals surface area contributed by atoms with Crippen LogP contribution in [0.15, 0.2) is 8.95 Å². The number of hydrogen-bond donors (Lipinski definition) is 0. The fourth-order valence-electron chi connectivity index (χ4n) is 0.465. The molecular weight excluding hydrogens is 426 g/mol. The summed E-state index contributed by atoms with van der Waals surface area (Å²) in [5, 5.41) is 0. The Bertz CT molecular complexity index is 209. The molecule has 0 fully saturated rings. The Morgan fingerprint density at radius 3 is 2.00 bits per heavy atom. The van der Waals surface area contributed by atoms with Gasteiger partial charge < -0.3 is 0 Å². The van der Waals surface area contributed by atoms with Crippen LogP contribution in [-0.2, 0) is 0 Å². The van der Waals surface area contributed by atoms with Crippen molar-refractivity contribution in [2.45, 2.75) is 6.92 Å². The van der Waals surface area contributed by atoms with Crippen molar-refractivity contribution in [1.82, 2.24) is 0 Å². The van der Waals surface area contributed by atoms with Crippen molar-refractivity contribution in [2.24, 2.45) is 0 Å². The summed E-state index contributed by atoms with van der Waals surface area (Å²) in [4.78, 5) is 0. The van der Waals surface area contributed by atoms with Crippen LogP contribution in [0.25, 0.3) is 0 Å². The molecule has 0 aliphatic carbocycles. The molecule has 0 saturated carbocycles. The SMILES string of the molecule is Cc1[se]c(I)c(Br)c1Br. The van der Waals surface area contributed by atoms with Crippen LogP contribution < -0.4 is 0 Å². The zero-order valence-corrected chi connectivity index (χ0v) is 11.6. The third kappa shape index (κ3) is 1.83. The first kappa shape index (κ1) is 8.78. The third-order valence-corrected chi connectivity index (χ3v) is 8.71. The monoisotopic (exact) mass is 428 g/mol. The summed E-state index contributed by atoms with van der Waals surface area (Å²) in [7, 11) is 0. The van der Waals surface area contributed by atoms with E-state index in [0.717, 1.165) is 0 Å². The van der Waals surface area contributed by atoms with E-state index in [1.165, 1.54) is 15.8 Å². The summed E-state index contributed by atoms with van der Waals surface area (Å²) in [6, 6.07) is 0. The molecule has 1 heterocycles. The quantitative estimate of drug-likeness (QED) is 0.440. The summed E-state index contributed by atoms with van der Waals surface area (Å²) in [5.74, 6) is 0. The second kappa shape index (κ2) is 3.39. The van der Waals surface area contributed by atoms with Crippen LogP contribution in [0.4, 0.5) is 0 Å². The van der Waals surface area contributed by atoms with Gasteiger partial charge >= 0.3 is 91.7 Å². The van der Waals surface area contributed by atoms with E-state index < -0.39 is 0 Å². The van der Waals surface area contributed by atoms with Crippen LogP contribution in [0.3, 0.4) is 0 Å². The van der Waals surface area contributed by atoms with E-state index in [4.69, 9.17) is 0 Å². The second-order valence-electron chi connectivity index (χ2n) is 1.56. The molecule has 9 heavy (non-hydrogen) atoms. The maximum atomic E-state index is 3.50.